The second-order valence-corrected chi connectivity index (χ2v) is 10.7. The Bertz CT molecular complexity index is 1500. The molecule has 10 heteroatoms. The maximum absolute atomic E-state index is 13.5. The summed E-state index contributed by atoms with van der Waals surface area (Å²) in [6, 6.07) is 22.8. The molecular weight excluding hydrogens is 568 g/mol. The first-order valence-electron chi connectivity index (χ1n) is 14.5. The minimum atomic E-state index is -0.730. The molecule has 1 unspecified atom stereocenters. The van der Waals surface area contributed by atoms with Crippen LogP contribution in [0.5, 0.6) is 11.5 Å². The van der Waals surface area contributed by atoms with Crippen LogP contribution < -0.4 is 10.1 Å². The van der Waals surface area contributed by atoms with E-state index in [4.69, 9.17) is 21.1 Å². The van der Waals surface area contributed by atoms with Crippen LogP contribution in [-0.2, 0) is 9.53 Å². The molecule has 2 heterocycles. The van der Waals surface area contributed by atoms with Gasteiger partial charge < -0.3 is 19.7 Å². The number of nitrogens with one attached hydrogen (secondary N) is 1. The molecule has 0 aromatic heterocycles. The second-order valence-electron chi connectivity index (χ2n) is 10.2. The van der Waals surface area contributed by atoms with E-state index in [2.05, 4.69) is 10.2 Å². The topological polar surface area (TPSA) is 91.4 Å². The number of rotatable bonds is 9. The van der Waals surface area contributed by atoms with Gasteiger partial charge in [-0.25, -0.2) is 9.59 Å². The molecule has 1 fully saturated rings. The Morgan fingerprint density at radius 1 is 0.907 bits per heavy atom. The number of piperazine rings is 1. The number of para-hydroxylation sites is 1. The van der Waals surface area contributed by atoms with E-state index in [1.165, 1.54) is 0 Å². The van der Waals surface area contributed by atoms with Crippen molar-refractivity contribution in [2.75, 3.05) is 45.9 Å². The molecule has 3 aromatic rings. The molecule has 224 valence electrons. The van der Waals surface area contributed by atoms with Gasteiger partial charge in [-0.05, 0) is 55.8 Å². The molecule has 3 amide bonds. The largest absolute Gasteiger partial charge is 0.463 e. The van der Waals surface area contributed by atoms with Crippen molar-refractivity contribution in [3.8, 4) is 11.5 Å². The fourth-order valence-corrected chi connectivity index (χ4v) is 5.63. The summed E-state index contributed by atoms with van der Waals surface area (Å²) in [6.45, 7) is 6.67. The first kappa shape index (κ1) is 30.1. The number of esters is 1. The molecule has 43 heavy (non-hydrogen) atoms. The Kier molecular flexibility index (Phi) is 9.64. The average molecular weight is 603 g/mol. The zero-order chi connectivity index (χ0) is 30.3. The Morgan fingerprint density at radius 3 is 2.30 bits per heavy atom. The monoisotopic (exact) mass is 602 g/mol. The Hall–Kier alpha value is -4.34. The number of carbonyl (C=O) groups is 3. The normalized spacial score (nSPS) is 17.5. The van der Waals surface area contributed by atoms with Crippen molar-refractivity contribution in [1.29, 1.82) is 0 Å². The lowest BCUT2D eigenvalue weighted by atomic mass is 9.94. The highest BCUT2D eigenvalue weighted by Crippen LogP contribution is 2.34. The van der Waals surface area contributed by atoms with Crippen LogP contribution in [0.25, 0.3) is 0 Å². The predicted molar refractivity (Wildman–Crippen MR) is 164 cm³/mol. The molecular formula is C33H35ClN4O5. The maximum Gasteiger partial charge on any atom is 0.338 e. The zero-order valence-electron chi connectivity index (χ0n) is 24.3. The number of nitrogens with zero attached hydrogens (tertiary/aromatic N) is 3. The van der Waals surface area contributed by atoms with E-state index >= 15 is 0 Å². The summed E-state index contributed by atoms with van der Waals surface area (Å²) in [4.78, 5) is 45.6. The van der Waals surface area contributed by atoms with Crippen molar-refractivity contribution in [1.82, 2.24) is 20.0 Å². The summed E-state index contributed by atoms with van der Waals surface area (Å²) in [5, 5.41) is 3.44. The van der Waals surface area contributed by atoms with Crippen molar-refractivity contribution >= 4 is 29.5 Å². The highest BCUT2D eigenvalue weighted by Gasteiger charge is 2.39. The van der Waals surface area contributed by atoms with E-state index < -0.39 is 12.0 Å². The second kappa shape index (κ2) is 13.8. The van der Waals surface area contributed by atoms with Crippen molar-refractivity contribution in [3.63, 3.8) is 0 Å². The predicted octanol–water partition coefficient (Wildman–Crippen LogP) is 5.49. The Morgan fingerprint density at radius 2 is 1.60 bits per heavy atom. The van der Waals surface area contributed by atoms with Crippen LogP contribution in [0.15, 0.2) is 90.1 Å². The molecule has 0 aliphatic carbocycles. The van der Waals surface area contributed by atoms with Gasteiger partial charge in [0.25, 0.3) is 5.91 Å². The molecule has 1 N–H and O–H groups in total. The third kappa shape index (κ3) is 6.84. The van der Waals surface area contributed by atoms with Gasteiger partial charge in [-0.1, -0.05) is 54.1 Å². The van der Waals surface area contributed by atoms with Gasteiger partial charge in [0.2, 0.25) is 0 Å². The number of benzene rings is 3. The molecule has 1 atom stereocenters. The van der Waals surface area contributed by atoms with Gasteiger partial charge in [0.05, 0.1) is 28.8 Å². The van der Waals surface area contributed by atoms with Crippen LogP contribution in [0, 0.1) is 0 Å². The van der Waals surface area contributed by atoms with Crippen LogP contribution in [0.3, 0.4) is 0 Å². The number of carbonyl (C=O) groups excluding carboxylic acids is 3. The van der Waals surface area contributed by atoms with Crippen molar-refractivity contribution in [2.45, 2.75) is 19.9 Å². The van der Waals surface area contributed by atoms with E-state index in [1.54, 1.807) is 41.0 Å². The summed E-state index contributed by atoms with van der Waals surface area (Å²) in [6.07, 6.45) is 0. The molecule has 0 spiro atoms. The van der Waals surface area contributed by atoms with Crippen molar-refractivity contribution < 1.29 is 23.9 Å². The number of ether oxygens (including phenoxy) is 2. The van der Waals surface area contributed by atoms with E-state index in [1.807, 2.05) is 61.5 Å². The fraction of sp³-hybridized carbons (Fsp3) is 0.303. The minimum Gasteiger partial charge on any atom is -0.463 e. The lowest BCUT2D eigenvalue weighted by molar-refractivity contribution is -0.139. The van der Waals surface area contributed by atoms with Gasteiger partial charge >= 0.3 is 12.0 Å². The highest BCUT2D eigenvalue weighted by molar-refractivity contribution is 6.33. The van der Waals surface area contributed by atoms with Crippen molar-refractivity contribution in [3.05, 3.63) is 106 Å². The van der Waals surface area contributed by atoms with Gasteiger partial charge in [0.1, 0.15) is 11.5 Å². The number of likely N-dealkylation sites (N-methyl/N-ethyl adjacent to an activating group) is 1. The first-order chi connectivity index (χ1) is 20.9. The summed E-state index contributed by atoms with van der Waals surface area (Å²) in [5.74, 6) is 0.669. The third-order valence-electron chi connectivity index (χ3n) is 7.56. The number of hydrogen-bond donors (Lipinski definition) is 1. The summed E-state index contributed by atoms with van der Waals surface area (Å²) in [7, 11) is 0. The van der Waals surface area contributed by atoms with Gasteiger partial charge in [-0.2, -0.15) is 0 Å². The van der Waals surface area contributed by atoms with Crippen LogP contribution >= 0.6 is 11.6 Å². The smallest absolute Gasteiger partial charge is 0.338 e. The SMILES string of the molecule is CCOC(=O)C1=C(CN2CCN(C(=O)c3ccccc3Cl)CC2)N(CC)C(=O)NC1c1cccc(Oc2ccccc2)c1. The van der Waals surface area contributed by atoms with Gasteiger partial charge in [-0.3, -0.25) is 14.6 Å². The molecule has 5 rings (SSSR count). The van der Waals surface area contributed by atoms with Crippen molar-refractivity contribution in [2.24, 2.45) is 0 Å². The molecule has 1 saturated heterocycles. The molecule has 9 nitrogen and oxygen atoms in total. The number of urea groups is 1. The van der Waals surface area contributed by atoms with Crippen LogP contribution in [-0.4, -0.2) is 78.5 Å². The molecule has 0 saturated carbocycles. The minimum absolute atomic E-state index is 0.110. The molecule has 0 radical (unpaired) electrons. The molecule has 3 aromatic carbocycles. The van der Waals surface area contributed by atoms with Crippen LogP contribution in [0.2, 0.25) is 5.02 Å². The van der Waals surface area contributed by atoms with Gasteiger partial charge in [-0.15, -0.1) is 0 Å². The third-order valence-corrected chi connectivity index (χ3v) is 7.89. The highest BCUT2D eigenvalue weighted by atomic mass is 35.5. The van der Waals surface area contributed by atoms with Gasteiger partial charge in [0, 0.05) is 45.0 Å². The lowest BCUT2D eigenvalue weighted by Gasteiger charge is -2.40. The lowest BCUT2D eigenvalue weighted by Crippen LogP contribution is -2.53. The Labute approximate surface area is 256 Å². The fourth-order valence-electron chi connectivity index (χ4n) is 5.42. The van der Waals surface area contributed by atoms with Crippen LogP contribution in [0.1, 0.15) is 35.8 Å². The standard InChI is InChI=1S/C33H35ClN4O5/c1-3-38-28(22-36-17-19-37(20-18-36)31(39)26-15-8-9-16-27(26)34)29(32(40)42-4-2)30(35-33(38)41)23-11-10-14-25(21-23)43-24-12-6-5-7-13-24/h5-16,21,30H,3-4,17-20,22H2,1-2H3,(H,35,41). The maximum atomic E-state index is 13.5. The van der Waals surface area contributed by atoms with E-state index in [9.17, 15) is 14.4 Å². The molecule has 2 aliphatic heterocycles. The Balaban J connectivity index is 1.42. The number of hydrogen-bond acceptors (Lipinski definition) is 6. The summed E-state index contributed by atoms with van der Waals surface area (Å²) in [5.41, 5.74) is 2.16. The average Bonchev–Trinajstić information content (AvgIpc) is 3.02. The van der Waals surface area contributed by atoms with E-state index in [0.717, 1.165) is 0 Å². The number of halogens is 1. The zero-order valence-corrected chi connectivity index (χ0v) is 25.0. The summed E-state index contributed by atoms with van der Waals surface area (Å²) < 4.78 is 11.6. The van der Waals surface area contributed by atoms with Gasteiger partial charge in [0.15, 0.2) is 0 Å². The van der Waals surface area contributed by atoms with Crippen LogP contribution in [0.4, 0.5) is 4.79 Å². The summed E-state index contributed by atoms with van der Waals surface area (Å²) >= 11 is 6.27. The van der Waals surface area contributed by atoms with E-state index in [0.29, 0.717) is 78.2 Å². The van der Waals surface area contributed by atoms with E-state index in [-0.39, 0.29) is 18.5 Å². The number of amides is 3. The molecule has 2 aliphatic rings. The molecule has 0 bridgehead atoms. The quantitative estimate of drug-likeness (QED) is 0.326. The first-order valence-corrected chi connectivity index (χ1v) is 14.8.